The van der Waals surface area contributed by atoms with Crippen LogP contribution in [0.2, 0.25) is 0 Å². The number of urea groups is 1. The van der Waals surface area contributed by atoms with Gasteiger partial charge in [-0.15, -0.1) is 0 Å². The molecule has 0 atom stereocenters. The monoisotopic (exact) mass is 651 g/mol. The van der Waals surface area contributed by atoms with Crippen LogP contribution in [0.1, 0.15) is 48.5 Å². The lowest BCUT2D eigenvalue weighted by atomic mass is 9.97. The van der Waals surface area contributed by atoms with Gasteiger partial charge in [-0.1, -0.05) is 18.2 Å². The SMILES string of the molecule is CCn1c(NCC2CCNCC2)c(C(=O)NCC2CCNCC2)c(=O)c2ccc(-c3ccc(NC(=O)NCc4cccnc4)cc3)nc21. The molecule has 48 heavy (non-hydrogen) atoms. The third kappa shape index (κ3) is 8.00. The van der Waals surface area contributed by atoms with Gasteiger partial charge in [-0.3, -0.25) is 14.6 Å². The number of rotatable bonds is 11. The minimum absolute atomic E-state index is 0.152. The van der Waals surface area contributed by atoms with Crippen molar-refractivity contribution in [2.45, 2.75) is 45.7 Å². The van der Waals surface area contributed by atoms with Crippen molar-refractivity contribution in [3.8, 4) is 11.3 Å². The summed E-state index contributed by atoms with van der Waals surface area (Å²) < 4.78 is 1.96. The van der Waals surface area contributed by atoms with Crippen LogP contribution < -0.4 is 37.3 Å². The maximum absolute atomic E-state index is 14.1. The average Bonchev–Trinajstić information content (AvgIpc) is 3.13. The topological polar surface area (TPSA) is 154 Å². The number of pyridine rings is 3. The van der Waals surface area contributed by atoms with Crippen LogP contribution in [-0.4, -0.2) is 65.7 Å². The van der Waals surface area contributed by atoms with Crippen molar-refractivity contribution in [1.82, 2.24) is 35.8 Å². The van der Waals surface area contributed by atoms with Crippen LogP contribution in [0.4, 0.5) is 16.3 Å². The first-order valence-electron chi connectivity index (χ1n) is 17.1. The third-order valence-electron chi connectivity index (χ3n) is 9.29. The highest BCUT2D eigenvalue weighted by atomic mass is 16.2. The van der Waals surface area contributed by atoms with Crippen LogP contribution in [-0.2, 0) is 13.1 Å². The Bertz CT molecular complexity index is 1760. The molecule has 2 saturated heterocycles. The summed E-state index contributed by atoms with van der Waals surface area (Å²) in [6, 6.07) is 14.4. The molecule has 2 aliphatic rings. The fourth-order valence-corrected chi connectivity index (χ4v) is 6.50. The molecule has 12 nitrogen and oxygen atoms in total. The Morgan fingerprint density at radius 2 is 1.60 bits per heavy atom. The van der Waals surface area contributed by atoms with Crippen LogP contribution in [0.5, 0.6) is 0 Å². The number of aryl methyl sites for hydroxylation is 1. The van der Waals surface area contributed by atoms with Gasteiger partial charge in [0.1, 0.15) is 17.0 Å². The zero-order chi connectivity index (χ0) is 33.3. The highest BCUT2D eigenvalue weighted by Gasteiger charge is 2.25. The minimum Gasteiger partial charge on any atom is -0.370 e. The molecule has 3 amide bonds. The molecule has 4 aromatic rings. The molecule has 0 unspecified atom stereocenters. The summed E-state index contributed by atoms with van der Waals surface area (Å²) in [6.45, 7) is 7.92. The number of nitrogens with zero attached hydrogens (tertiary/aromatic N) is 3. The Labute approximate surface area is 280 Å². The number of fused-ring (bicyclic) bond motifs is 1. The van der Waals surface area contributed by atoms with Crippen molar-refractivity contribution in [3.05, 3.63) is 82.3 Å². The van der Waals surface area contributed by atoms with Gasteiger partial charge < -0.3 is 36.5 Å². The average molecular weight is 652 g/mol. The number of amides is 3. The molecule has 6 rings (SSSR count). The number of carbonyl (C=O) groups excluding carboxylic acids is 2. The number of hydrogen-bond donors (Lipinski definition) is 6. The summed E-state index contributed by atoms with van der Waals surface area (Å²) in [4.78, 5) is 49.3. The van der Waals surface area contributed by atoms with Gasteiger partial charge in [0.15, 0.2) is 0 Å². The standard InChI is InChI=1S/C36H45N9O3/c1-2-45-33-29(9-10-30(44-33)27-5-7-28(8-6-27)43-36(48)42-23-26-4-3-15-39-20-26)32(46)31(34(45)40-21-24-11-16-37-17-12-24)35(47)41-22-25-13-18-38-19-14-25/h3-10,15,20,24-25,37-38,40H,2,11-14,16-19,21-23H2,1H3,(H,41,47)(H2,42,43,48). The van der Waals surface area contributed by atoms with E-state index in [0.717, 1.165) is 63.0 Å². The maximum atomic E-state index is 14.1. The van der Waals surface area contributed by atoms with E-state index in [1.165, 1.54) is 0 Å². The first-order valence-corrected chi connectivity index (χ1v) is 17.1. The number of piperidine rings is 2. The van der Waals surface area contributed by atoms with E-state index in [-0.39, 0.29) is 22.9 Å². The lowest BCUT2D eigenvalue weighted by Gasteiger charge is -2.26. The number of nitrogens with one attached hydrogen (secondary N) is 6. The van der Waals surface area contributed by atoms with E-state index in [1.54, 1.807) is 18.5 Å². The highest BCUT2D eigenvalue weighted by Crippen LogP contribution is 2.26. The number of aromatic nitrogens is 3. The quantitative estimate of drug-likeness (QED) is 0.143. The van der Waals surface area contributed by atoms with Crippen LogP contribution >= 0.6 is 0 Å². The molecule has 3 aromatic heterocycles. The Balaban J connectivity index is 1.25. The van der Waals surface area contributed by atoms with Gasteiger partial charge in [-0.05, 0) is 107 Å². The summed E-state index contributed by atoms with van der Waals surface area (Å²) >= 11 is 0. The highest BCUT2D eigenvalue weighted by molar-refractivity contribution is 6.02. The van der Waals surface area contributed by atoms with E-state index in [2.05, 4.69) is 36.9 Å². The molecule has 6 N–H and O–H groups in total. The predicted molar refractivity (Wildman–Crippen MR) is 189 cm³/mol. The lowest BCUT2D eigenvalue weighted by molar-refractivity contribution is 0.0943. The second-order valence-corrected chi connectivity index (χ2v) is 12.6. The number of anilines is 2. The summed E-state index contributed by atoms with van der Waals surface area (Å²) in [5, 5.41) is 19.5. The second-order valence-electron chi connectivity index (χ2n) is 12.6. The van der Waals surface area contributed by atoms with Crippen LogP contribution in [0.25, 0.3) is 22.3 Å². The molecule has 252 valence electrons. The van der Waals surface area contributed by atoms with E-state index in [9.17, 15) is 14.4 Å². The van der Waals surface area contributed by atoms with Crippen LogP contribution in [0.15, 0.2) is 65.7 Å². The van der Waals surface area contributed by atoms with Gasteiger partial charge in [0, 0.05) is 49.8 Å². The summed E-state index contributed by atoms with van der Waals surface area (Å²) in [6.07, 6.45) is 7.48. The molecular weight excluding hydrogens is 606 g/mol. The fourth-order valence-electron chi connectivity index (χ4n) is 6.50. The molecule has 12 heteroatoms. The maximum Gasteiger partial charge on any atom is 0.319 e. The lowest BCUT2D eigenvalue weighted by Crippen LogP contribution is -2.38. The van der Waals surface area contributed by atoms with Gasteiger partial charge in [0.05, 0.1) is 11.1 Å². The third-order valence-corrected chi connectivity index (χ3v) is 9.29. The first-order chi connectivity index (χ1) is 23.5. The van der Waals surface area contributed by atoms with Crippen molar-refractivity contribution in [2.75, 3.05) is 49.9 Å². The van der Waals surface area contributed by atoms with E-state index in [0.29, 0.717) is 66.2 Å². The van der Waals surface area contributed by atoms with Gasteiger partial charge >= 0.3 is 6.03 Å². The van der Waals surface area contributed by atoms with Crippen molar-refractivity contribution in [3.63, 3.8) is 0 Å². The smallest absolute Gasteiger partial charge is 0.319 e. The summed E-state index contributed by atoms with van der Waals surface area (Å²) in [5.41, 5.74) is 3.43. The van der Waals surface area contributed by atoms with E-state index in [4.69, 9.17) is 4.98 Å². The Kier molecular flexibility index (Phi) is 10.9. The predicted octanol–water partition coefficient (Wildman–Crippen LogP) is 3.94. The van der Waals surface area contributed by atoms with Crippen molar-refractivity contribution in [2.24, 2.45) is 11.8 Å². The van der Waals surface area contributed by atoms with Crippen molar-refractivity contribution in [1.29, 1.82) is 0 Å². The second kappa shape index (κ2) is 15.9. The van der Waals surface area contributed by atoms with E-state index in [1.807, 2.05) is 54.0 Å². The number of carbonyl (C=O) groups is 2. The number of hydrogen-bond acceptors (Lipinski definition) is 8. The molecule has 1 aromatic carbocycles. The fraction of sp³-hybridized carbons (Fsp3) is 0.417. The zero-order valence-electron chi connectivity index (χ0n) is 27.5. The molecule has 0 spiro atoms. The van der Waals surface area contributed by atoms with Crippen LogP contribution in [0.3, 0.4) is 0 Å². The molecular formula is C36H45N9O3. The normalized spacial score (nSPS) is 15.6. The first kappa shape index (κ1) is 33.1. The molecule has 2 aliphatic heterocycles. The molecule has 2 fully saturated rings. The minimum atomic E-state index is -0.341. The zero-order valence-corrected chi connectivity index (χ0v) is 27.5. The van der Waals surface area contributed by atoms with E-state index >= 15 is 0 Å². The van der Waals surface area contributed by atoms with Gasteiger partial charge in [0.2, 0.25) is 5.43 Å². The Hall–Kier alpha value is -4.81. The molecule has 0 aliphatic carbocycles. The summed E-state index contributed by atoms with van der Waals surface area (Å²) in [5.74, 6) is 1.02. The van der Waals surface area contributed by atoms with Gasteiger partial charge in [-0.2, -0.15) is 0 Å². The summed E-state index contributed by atoms with van der Waals surface area (Å²) in [7, 11) is 0. The number of benzene rings is 1. The molecule has 5 heterocycles. The molecule has 0 bridgehead atoms. The molecule has 0 radical (unpaired) electrons. The van der Waals surface area contributed by atoms with Crippen LogP contribution in [0, 0.1) is 11.8 Å². The molecule has 0 saturated carbocycles. The largest absolute Gasteiger partial charge is 0.370 e. The van der Waals surface area contributed by atoms with Crippen molar-refractivity contribution >= 4 is 34.5 Å². The van der Waals surface area contributed by atoms with Crippen molar-refractivity contribution < 1.29 is 9.59 Å². The van der Waals surface area contributed by atoms with E-state index < -0.39 is 0 Å². The van der Waals surface area contributed by atoms with Gasteiger partial charge in [0.25, 0.3) is 5.91 Å². The van der Waals surface area contributed by atoms with Gasteiger partial charge in [-0.25, -0.2) is 9.78 Å². The Morgan fingerprint density at radius 1 is 0.896 bits per heavy atom. The Morgan fingerprint density at radius 3 is 2.27 bits per heavy atom.